The van der Waals surface area contributed by atoms with Crippen LogP contribution in [-0.2, 0) is 11.3 Å². The lowest BCUT2D eigenvalue weighted by atomic mass is 10.1. The van der Waals surface area contributed by atoms with Gasteiger partial charge in [-0.3, -0.25) is 0 Å². The van der Waals surface area contributed by atoms with E-state index in [-0.39, 0.29) is 5.97 Å². The van der Waals surface area contributed by atoms with Gasteiger partial charge >= 0.3 is 5.97 Å². The second-order valence-corrected chi connectivity index (χ2v) is 6.33. The number of fused-ring (bicyclic) bond motifs is 3. The molecule has 0 saturated carbocycles. The van der Waals surface area contributed by atoms with Crippen molar-refractivity contribution >= 4 is 23.0 Å². The molecular weight excluding hydrogens is 336 g/mol. The third-order valence-electron chi connectivity index (χ3n) is 3.68. The maximum Gasteiger partial charge on any atom is 0.349 e. The highest BCUT2D eigenvalue weighted by atomic mass is 32.1. The number of nitrogens with zero attached hydrogens (tertiary/aromatic N) is 1. The Kier molecular flexibility index (Phi) is 5.30. The fourth-order valence-electron chi connectivity index (χ4n) is 2.28. The van der Waals surface area contributed by atoms with E-state index in [9.17, 15) is 4.79 Å². The molecule has 0 unspecified atom stereocenters. The molecule has 2 aliphatic rings. The molecule has 0 aliphatic carbocycles. The number of carbonyl (C=O) groups excluding carboxylic acids is 1. The Morgan fingerprint density at radius 2 is 1.80 bits per heavy atom. The Bertz CT molecular complexity index is 819. The molecule has 1 aromatic heterocycles. The van der Waals surface area contributed by atoms with Crippen LogP contribution in [0.15, 0.2) is 54.7 Å². The standard InChI is InChI=1S/C12H11NO3S.C7H7N/c1-15-9-5-3-8(4-6-9)11-13-7-10(17-11)12(14)16-2;1-3-7-4-2-6(1)5-8-7/h3-7H,1-2H3;1-4,8H,5H2. The molecule has 3 aromatic rings. The summed E-state index contributed by atoms with van der Waals surface area (Å²) in [7, 11) is 2.98. The Labute approximate surface area is 150 Å². The minimum atomic E-state index is -0.359. The van der Waals surface area contributed by atoms with Crippen molar-refractivity contribution in [3.05, 3.63) is 65.2 Å². The van der Waals surface area contributed by atoms with Crippen LogP contribution in [0.5, 0.6) is 5.75 Å². The van der Waals surface area contributed by atoms with Gasteiger partial charge in [-0.15, -0.1) is 11.3 Å². The van der Waals surface area contributed by atoms with Gasteiger partial charge in [0.2, 0.25) is 0 Å². The topological polar surface area (TPSA) is 60.5 Å². The van der Waals surface area contributed by atoms with Crippen LogP contribution in [0.3, 0.4) is 0 Å². The lowest BCUT2D eigenvalue weighted by molar-refractivity contribution is 0.0606. The van der Waals surface area contributed by atoms with Crippen molar-refractivity contribution < 1.29 is 14.3 Å². The minimum absolute atomic E-state index is 0.359. The van der Waals surface area contributed by atoms with Gasteiger partial charge in [0.1, 0.15) is 15.6 Å². The predicted molar refractivity (Wildman–Crippen MR) is 99.2 cm³/mol. The number of anilines is 1. The van der Waals surface area contributed by atoms with Gasteiger partial charge in [0.05, 0.1) is 20.4 Å². The smallest absolute Gasteiger partial charge is 0.349 e. The molecule has 0 spiro atoms. The Balaban J connectivity index is 0.000000188. The van der Waals surface area contributed by atoms with Gasteiger partial charge in [-0.05, 0) is 42.0 Å². The molecule has 5 rings (SSSR count). The molecule has 0 saturated heterocycles. The Morgan fingerprint density at radius 1 is 1.08 bits per heavy atom. The average Bonchev–Trinajstić information content (AvgIpc) is 3.20. The van der Waals surface area contributed by atoms with Crippen LogP contribution in [0.1, 0.15) is 15.2 Å². The SMILES string of the molecule is COC(=O)c1cnc(-c2ccc(OC)cc2)s1.c1cc2ccc1CN2. The molecule has 2 aliphatic heterocycles. The van der Waals surface area contributed by atoms with Crippen molar-refractivity contribution in [3.8, 4) is 16.3 Å². The highest BCUT2D eigenvalue weighted by Crippen LogP contribution is 2.27. The summed E-state index contributed by atoms with van der Waals surface area (Å²) < 4.78 is 9.71. The van der Waals surface area contributed by atoms with E-state index in [4.69, 9.17) is 4.74 Å². The maximum absolute atomic E-state index is 11.3. The summed E-state index contributed by atoms with van der Waals surface area (Å²) in [5.74, 6) is 0.431. The molecule has 2 aromatic carbocycles. The fraction of sp³-hybridized carbons (Fsp3) is 0.158. The van der Waals surface area contributed by atoms with Crippen molar-refractivity contribution in [2.75, 3.05) is 19.5 Å². The lowest BCUT2D eigenvalue weighted by Crippen LogP contribution is -2.04. The molecule has 6 heteroatoms. The average molecular weight is 354 g/mol. The number of rotatable bonds is 3. The van der Waals surface area contributed by atoms with Gasteiger partial charge in [0.15, 0.2) is 0 Å². The lowest BCUT2D eigenvalue weighted by Gasteiger charge is -2.12. The molecule has 0 radical (unpaired) electrons. The summed E-state index contributed by atoms with van der Waals surface area (Å²) in [5, 5.41) is 4.01. The van der Waals surface area contributed by atoms with E-state index in [0.29, 0.717) is 4.88 Å². The minimum Gasteiger partial charge on any atom is -0.497 e. The molecule has 0 fully saturated rings. The van der Waals surface area contributed by atoms with Gasteiger partial charge < -0.3 is 14.8 Å². The number of methoxy groups -OCH3 is 2. The fourth-order valence-corrected chi connectivity index (χ4v) is 3.12. The van der Waals surface area contributed by atoms with E-state index in [1.807, 2.05) is 24.3 Å². The van der Waals surface area contributed by atoms with Crippen LogP contribution in [0.25, 0.3) is 10.6 Å². The van der Waals surface area contributed by atoms with Crippen LogP contribution in [-0.4, -0.2) is 25.2 Å². The Morgan fingerprint density at radius 3 is 2.24 bits per heavy atom. The first-order valence-corrected chi connectivity index (χ1v) is 8.52. The number of benzene rings is 2. The zero-order valence-corrected chi connectivity index (χ0v) is 14.8. The van der Waals surface area contributed by atoms with E-state index in [1.54, 1.807) is 7.11 Å². The molecule has 128 valence electrons. The summed E-state index contributed by atoms with van der Waals surface area (Å²) in [6.45, 7) is 1.02. The molecule has 1 N–H and O–H groups in total. The number of aromatic nitrogens is 1. The second kappa shape index (κ2) is 7.81. The van der Waals surface area contributed by atoms with Crippen LogP contribution < -0.4 is 10.1 Å². The normalized spacial score (nSPS) is 11.1. The van der Waals surface area contributed by atoms with E-state index < -0.39 is 0 Å². The maximum atomic E-state index is 11.3. The number of carbonyl (C=O) groups is 1. The summed E-state index contributed by atoms with van der Waals surface area (Å²) in [4.78, 5) is 16.0. The summed E-state index contributed by atoms with van der Waals surface area (Å²) >= 11 is 1.31. The second-order valence-electron chi connectivity index (χ2n) is 5.30. The Hall–Kier alpha value is -2.86. The third kappa shape index (κ3) is 4.16. The van der Waals surface area contributed by atoms with Crippen LogP contribution in [0.2, 0.25) is 0 Å². The van der Waals surface area contributed by atoms with Crippen LogP contribution in [0, 0.1) is 0 Å². The van der Waals surface area contributed by atoms with E-state index in [2.05, 4.69) is 39.3 Å². The molecule has 2 bridgehead atoms. The molecule has 3 heterocycles. The number of hydrogen-bond acceptors (Lipinski definition) is 6. The quantitative estimate of drug-likeness (QED) is 0.714. The number of esters is 1. The van der Waals surface area contributed by atoms with Crippen LogP contribution >= 0.6 is 11.3 Å². The van der Waals surface area contributed by atoms with Gasteiger partial charge in [-0.2, -0.15) is 0 Å². The number of thiazole rings is 1. The number of ether oxygens (including phenoxy) is 2. The van der Waals surface area contributed by atoms with E-state index in [1.165, 1.54) is 35.9 Å². The predicted octanol–water partition coefficient (Wildman–Crippen LogP) is 4.22. The molecular formula is C19H18N2O3S. The van der Waals surface area contributed by atoms with Gasteiger partial charge in [0.25, 0.3) is 0 Å². The van der Waals surface area contributed by atoms with Crippen molar-refractivity contribution in [3.63, 3.8) is 0 Å². The summed E-state index contributed by atoms with van der Waals surface area (Å²) in [6.07, 6.45) is 1.52. The number of hydrogen-bond donors (Lipinski definition) is 1. The molecule has 5 nitrogen and oxygen atoms in total. The number of nitrogens with one attached hydrogen (secondary N) is 1. The van der Waals surface area contributed by atoms with Crippen molar-refractivity contribution in [2.45, 2.75) is 6.54 Å². The largest absolute Gasteiger partial charge is 0.497 e. The summed E-state index contributed by atoms with van der Waals surface area (Å²) in [6, 6.07) is 16.0. The zero-order chi connectivity index (χ0) is 17.6. The molecule has 0 atom stereocenters. The van der Waals surface area contributed by atoms with E-state index in [0.717, 1.165) is 22.9 Å². The van der Waals surface area contributed by atoms with Crippen LogP contribution in [0.4, 0.5) is 5.69 Å². The summed E-state index contributed by atoms with van der Waals surface area (Å²) in [5.41, 5.74) is 3.56. The van der Waals surface area contributed by atoms with Crippen molar-refractivity contribution in [2.24, 2.45) is 0 Å². The highest BCUT2D eigenvalue weighted by molar-refractivity contribution is 7.16. The highest BCUT2D eigenvalue weighted by Gasteiger charge is 2.11. The monoisotopic (exact) mass is 354 g/mol. The van der Waals surface area contributed by atoms with Gasteiger partial charge in [0, 0.05) is 17.8 Å². The van der Waals surface area contributed by atoms with Gasteiger partial charge in [-0.25, -0.2) is 9.78 Å². The van der Waals surface area contributed by atoms with Gasteiger partial charge in [-0.1, -0.05) is 12.1 Å². The molecule has 0 amide bonds. The zero-order valence-electron chi connectivity index (χ0n) is 14.0. The third-order valence-corrected chi connectivity index (χ3v) is 4.71. The first kappa shape index (κ1) is 17.0. The first-order chi connectivity index (χ1) is 12.2. The van der Waals surface area contributed by atoms with Crippen molar-refractivity contribution in [1.82, 2.24) is 4.98 Å². The first-order valence-electron chi connectivity index (χ1n) is 7.71. The van der Waals surface area contributed by atoms with Crippen molar-refractivity contribution in [1.29, 1.82) is 0 Å². The molecule has 25 heavy (non-hydrogen) atoms. The van der Waals surface area contributed by atoms with E-state index >= 15 is 0 Å².